The average Bonchev–Trinajstić information content (AvgIpc) is 3.31. The van der Waals surface area contributed by atoms with Crippen LogP contribution in [-0.2, 0) is 4.79 Å². The highest BCUT2D eigenvalue weighted by atomic mass is 16.3. The van der Waals surface area contributed by atoms with Crippen LogP contribution in [0.5, 0.6) is 0 Å². The Labute approximate surface area is 157 Å². The van der Waals surface area contributed by atoms with E-state index >= 15 is 0 Å². The van der Waals surface area contributed by atoms with Gasteiger partial charge in [0.15, 0.2) is 11.6 Å². The topological polar surface area (TPSA) is 84.5 Å². The van der Waals surface area contributed by atoms with Crippen LogP contribution in [0.2, 0.25) is 0 Å². The van der Waals surface area contributed by atoms with Crippen molar-refractivity contribution in [2.75, 3.05) is 27.7 Å². The number of furan rings is 1. The highest BCUT2D eigenvalue weighted by Crippen LogP contribution is 2.22. The average molecular weight is 367 g/mol. The summed E-state index contributed by atoms with van der Waals surface area (Å²) in [6, 6.07) is 11.2. The summed E-state index contributed by atoms with van der Waals surface area (Å²) < 4.78 is 7.01. The Balaban J connectivity index is 1.97. The number of hydrogen-bond acceptors (Lipinski definition) is 5. The lowest BCUT2D eigenvalue weighted by atomic mass is 10.2. The first kappa shape index (κ1) is 18.4. The van der Waals surface area contributed by atoms with E-state index in [4.69, 9.17) is 4.42 Å². The van der Waals surface area contributed by atoms with Gasteiger partial charge in [-0.05, 0) is 31.2 Å². The minimum Gasteiger partial charge on any atom is -0.461 e. The molecule has 27 heavy (non-hydrogen) atoms. The van der Waals surface area contributed by atoms with Gasteiger partial charge in [-0.3, -0.25) is 9.59 Å². The van der Waals surface area contributed by atoms with Crippen molar-refractivity contribution < 1.29 is 14.0 Å². The summed E-state index contributed by atoms with van der Waals surface area (Å²) in [5, 5.41) is 4.37. The molecule has 140 valence electrons. The molecule has 0 unspecified atom stereocenters. The van der Waals surface area contributed by atoms with Gasteiger partial charge in [0.05, 0.1) is 18.5 Å². The van der Waals surface area contributed by atoms with Crippen molar-refractivity contribution in [3.63, 3.8) is 0 Å². The fourth-order valence-corrected chi connectivity index (χ4v) is 2.42. The maximum atomic E-state index is 12.7. The zero-order chi connectivity index (χ0) is 19.6. The Morgan fingerprint density at radius 1 is 1.11 bits per heavy atom. The molecule has 0 N–H and O–H groups in total. The molecule has 8 heteroatoms. The molecule has 3 rings (SSSR count). The predicted molar refractivity (Wildman–Crippen MR) is 99.5 cm³/mol. The van der Waals surface area contributed by atoms with Crippen LogP contribution in [-0.4, -0.2) is 64.1 Å². The summed E-state index contributed by atoms with van der Waals surface area (Å²) in [4.78, 5) is 31.7. The summed E-state index contributed by atoms with van der Waals surface area (Å²) in [5.41, 5.74) is 1.86. The predicted octanol–water partition coefficient (Wildman–Crippen LogP) is 2.00. The molecule has 0 fully saturated rings. The van der Waals surface area contributed by atoms with E-state index in [9.17, 15) is 9.59 Å². The molecule has 2 amide bonds. The molecule has 0 aliphatic rings. The number of amides is 2. The third-order valence-corrected chi connectivity index (χ3v) is 4.04. The molecule has 3 aromatic rings. The summed E-state index contributed by atoms with van der Waals surface area (Å²) in [6.07, 6.45) is 1.53. The summed E-state index contributed by atoms with van der Waals surface area (Å²) in [6.45, 7) is 1.94. The van der Waals surface area contributed by atoms with Gasteiger partial charge in [0.25, 0.3) is 5.91 Å². The minimum absolute atomic E-state index is 0.00367. The maximum absolute atomic E-state index is 12.7. The molecular weight excluding hydrogens is 346 g/mol. The highest BCUT2D eigenvalue weighted by Gasteiger charge is 2.24. The van der Waals surface area contributed by atoms with Crippen molar-refractivity contribution in [1.82, 2.24) is 24.6 Å². The largest absolute Gasteiger partial charge is 0.461 e. The van der Waals surface area contributed by atoms with Crippen LogP contribution in [0.25, 0.3) is 17.3 Å². The Morgan fingerprint density at radius 3 is 2.41 bits per heavy atom. The van der Waals surface area contributed by atoms with E-state index in [-0.39, 0.29) is 18.3 Å². The van der Waals surface area contributed by atoms with Crippen molar-refractivity contribution in [2.45, 2.75) is 6.92 Å². The normalized spacial score (nSPS) is 10.7. The number of aryl methyl sites for hydroxylation is 1. The van der Waals surface area contributed by atoms with Gasteiger partial charge in [-0.1, -0.05) is 17.7 Å². The van der Waals surface area contributed by atoms with Crippen molar-refractivity contribution in [3.05, 3.63) is 54.0 Å². The van der Waals surface area contributed by atoms with Crippen LogP contribution in [0, 0.1) is 6.92 Å². The molecule has 0 aliphatic carbocycles. The number of likely N-dealkylation sites (N-methyl/N-ethyl adjacent to an activating group) is 2. The van der Waals surface area contributed by atoms with E-state index in [0.29, 0.717) is 11.6 Å². The molecule has 0 saturated carbocycles. The molecule has 0 radical (unpaired) electrons. The van der Waals surface area contributed by atoms with Crippen LogP contribution in [0.15, 0.2) is 47.1 Å². The second-order valence-corrected chi connectivity index (χ2v) is 6.43. The third kappa shape index (κ3) is 3.89. The van der Waals surface area contributed by atoms with Gasteiger partial charge in [0, 0.05) is 21.1 Å². The van der Waals surface area contributed by atoms with E-state index in [2.05, 4.69) is 10.1 Å². The molecule has 0 aliphatic heterocycles. The molecule has 2 aromatic heterocycles. The van der Waals surface area contributed by atoms with Crippen LogP contribution >= 0.6 is 0 Å². The number of carbonyl (C=O) groups is 2. The monoisotopic (exact) mass is 367 g/mol. The van der Waals surface area contributed by atoms with Crippen molar-refractivity contribution in [1.29, 1.82) is 0 Å². The molecule has 0 spiro atoms. The SMILES string of the molecule is Cc1ccc(-n2nc(C(=O)N(C)CC(=O)N(C)C)nc2-c2ccco2)cc1. The Morgan fingerprint density at radius 2 is 1.81 bits per heavy atom. The lowest BCUT2D eigenvalue weighted by Crippen LogP contribution is -2.38. The molecule has 8 nitrogen and oxygen atoms in total. The Kier molecular flexibility index (Phi) is 5.07. The van der Waals surface area contributed by atoms with Gasteiger partial charge in [0.1, 0.15) is 0 Å². The van der Waals surface area contributed by atoms with Gasteiger partial charge in [0.2, 0.25) is 11.7 Å². The van der Waals surface area contributed by atoms with E-state index in [1.165, 1.54) is 16.1 Å². The number of carbonyl (C=O) groups excluding carboxylic acids is 2. The van der Waals surface area contributed by atoms with Crippen molar-refractivity contribution >= 4 is 11.8 Å². The molecular formula is C19H21N5O3. The van der Waals surface area contributed by atoms with Gasteiger partial charge in [-0.2, -0.15) is 4.98 Å². The summed E-state index contributed by atoms with van der Waals surface area (Å²) in [7, 11) is 4.82. The first-order valence-corrected chi connectivity index (χ1v) is 8.40. The Bertz CT molecular complexity index is 942. The molecule has 0 saturated heterocycles. The van der Waals surface area contributed by atoms with E-state index in [1.54, 1.807) is 38.0 Å². The van der Waals surface area contributed by atoms with Crippen LogP contribution in [0.4, 0.5) is 0 Å². The van der Waals surface area contributed by atoms with E-state index < -0.39 is 5.91 Å². The lowest BCUT2D eigenvalue weighted by Gasteiger charge is -2.17. The fourth-order valence-electron chi connectivity index (χ4n) is 2.42. The smallest absolute Gasteiger partial charge is 0.293 e. The molecule has 2 heterocycles. The van der Waals surface area contributed by atoms with Crippen molar-refractivity contribution in [3.8, 4) is 17.3 Å². The number of rotatable bonds is 5. The molecule has 1 aromatic carbocycles. The number of nitrogens with zero attached hydrogens (tertiary/aromatic N) is 5. The quantitative estimate of drug-likeness (QED) is 0.689. The summed E-state index contributed by atoms with van der Waals surface area (Å²) >= 11 is 0. The van der Waals surface area contributed by atoms with E-state index in [0.717, 1.165) is 11.3 Å². The number of benzene rings is 1. The van der Waals surface area contributed by atoms with Crippen molar-refractivity contribution in [2.24, 2.45) is 0 Å². The third-order valence-electron chi connectivity index (χ3n) is 4.04. The fraction of sp³-hybridized carbons (Fsp3) is 0.263. The second kappa shape index (κ2) is 7.45. The second-order valence-electron chi connectivity index (χ2n) is 6.43. The van der Waals surface area contributed by atoms with E-state index in [1.807, 2.05) is 31.2 Å². The summed E-state index contributed by atoms with van der Waals surface area (Å²) in [5.74, 6) is 0.281. The van der Waals surface area contributed by atoms with Gasteiger partial charge in [-0.25, -0.2) is 4.68 Å². The molecule has 0 atom stereocenters. The van der Waals surface area contributed by atoms with Crippen LogP contribution in [0.1, 0.15) is 16.2 Å². The van der Waals surface area contributed by atoms with Gasteiger partial charge >= 0.3 is 0 Å². The van der Waals surface area contributed by atoms with Crippen LogP contribution < -0.4 is 0 Å². The zero-order valence-electron chi connectivity index (χ0n) is 15.7. The Hall–Kier alpha value is -3.42. The van der Waals surface area contributed by atoms with Gasteiger partial charge in [-0.15, -0.1) is 5.10 Å². The molecule has 0 bridgehead atoms. The van der Waals surface area contributed by atoms with Gasteiger partial charge < -0.3 is 14.2 Å². The van der Waals surface area contributed by atoms with Crippen LogP contribution in [0.3, 0.4) is 0 Å². The minimum atomic E-state index is -0.441. The lowest BCUT2D eigenvalue weighted by molar-refractivity contribution is -0.129. The highest BCUT2D eigenvalue weighted by molar-refractivity contribution is 5.93. The first-order valence-electron chi connectivity index (χ1n) is 8.40. The maximum Gasteiger partial charge on any atom is 0.293 e. The first-order chi connectivity index (χ1) is 12.9. The zero-order valence-corrected chi connectivity index (χ0v) is 15.7. The number of aromatic nitrogens is 3. The number of hydrogen-bond donors (Lipinski definition) is 0. The standard InChI is InChI=1S/C19H21N5O3/c1-13-7-9-14(10-8-13)24-18(15-6-5-11-27-15)20-17(21-24)19(26)23(4)12-16(25)22(2)3/h5-11H,12H2,1-4H3.